The lowest BCUT2D eigenvalue weighted by atomic mass is 10.0. The SMILES string of the molecule is c1ccc(-c2cccc(N(c3ccc4c(c3)oc3ccccc34)c3ccc4oc5ccc6oc(-c7ccccc7)nc6c5c4c3)c2)cc1. The van der Waals surface area contributed by atoms with Crippen LogP contribution in [0, 0.1) is 0 Å². The van der Waals surface area contributed by atoms with Gasteiger partial charge >= 0.3 is 0 Å². The molecule has 0 atom stereocenters. The number of anilines is 3. The quantitative estimate of drug-likeness (QED) is 0.192. The Balaban J connectivity index is 1.19. The molecule has 0 amide bonds. The molecule has 7 aromatic carbocycles. The first-order chi connectivity index (χ1) is 23.8. The van der Waals surface area contributed by atoms with Crippen molar-refractivity contribution in [1.29, 1.82) is 0 Å². The lowest BCUT2D eigenvalue weighted by molar-refractivity contribution is 0.619. The number of benzene rings is 7. The van der Waals surface area contributed by atoms with Gasteiger partial charge in [-0.2, -0.15) is 0 Å². The monoisotopic (exact) mass is 618 g/mol. The number of furan rings is 2. The molecule has 10 rings (SSSR count). The molecule has 3 aromatic heterocycles. The second-order valence-corrected chi connectivity index (χ2v) is 12.0. The van der Waals surface area contributed by atoms with E-state index in [-0.39, 0.29) is 0 Å². The Bertz CT molecular complexity index is 2790. The van der Waals surface area contributed by atoms with Crippen LogP contribution in [0.5, 0.6) is 0 Å². The molecule has 48 heavy (non-hydrogen) atoms. The largest absolute Gasteiger partial charge is 0.456 e. The number of aromatic nitrogens is 1. The first-order valence-corrected chi connectivity index (χ1v) is 15.9. The van der Waals surface area contributed by atoms with Crippen molar-refractivity contribution in [3.8, 4) is 22.6 Å². The number of para-hydroxylation sites is 1. The van der Waals surface area contributed by atoms with E-state index in [1.165, 1.54) is 0 Å². The minimum absolute atomic E-state index is 0.585. The van der Waals surface area contributed by atoms with Crippen LogP contribution in [0.2, 0.25) is 0 Å². The van der Waals surface area contributed by atoms with Crippen molar-refractivity contribution in [3.63, 3.8) is 0 Å². The van der Waals surface area contributed by atoms with Crippen LogP contribution in [0.25, 0.3) is 77.6 Å². The second-order valence-electron chi connectivity index (χ2n) is 12.0. The van der Waals surface area contributed by atoms with Crippen LogP contribution in [0.1, 0.15) is 0 Å². The van der Waals surface area contributed by atoms with E-state index in [1.54, 1.807) is 0 Å². The molecule has 5 nitrogen and oxygen atoms in total. The third-order valence-electron chi connectivity index (χ3n) is 9.09. The Kier molecular flexibility index (Phi) is 5.81. The van der Waals surface area contributed by atoms with Gasteiger partial charge in [-0.3, -0.25) is 0 Å². The molecule has 0 saturated carbocycles. The van der Waals surface area contributed by atoms with Crippen LogP contribution in [-0.4, -0.2) is 4.98 Å². The molecule has 0 aliphatic rings. The lowest BCUT2D eigenvalue weighted by Crippen LogP contribution is -2.10. The van der Waals surface area contributed by atoms with Crippen LogP contribution >= 0.6 is 0 Å². The van der Waals surface area contributed by atoms with E-state index in [2.05, 4.69) is 89.8 Å². The summed E-state index contributed by atoms with van der Waals surface area (Å²) in [6.45, 7) is 0. The minimum atomic E-state index is 0.585. The topological polar surface area (TPSA) is 55.6 Å². The maximum absolute atomic E-state index is 6.37. The predicted molar refractivity (Wildman–Crippen MR) is 194 cm³/mol. The molecular formula is C43H26N2O3. The van der Waals surface area contributed by atoms with Crippen molar-refractivity contribution < 1.29 is 13.3 Å². The van der Waals surface area contributed by atoms with E-state index < -0.39 is 0 Å². The van der Waals surface area contributed by atoms with Crippen LogP contribution in [-0.2, 0) is 0 Å². The summed E-state index contributed by atoms with van der Waals surface area (Å²) in [6.07, 6.45) is 0. The zero-order valence-electron chi connectivity index (χ0n) is 25.6. The third kappa shape index (κ3) is 4.22. The van der Waals surface area contributed by atoms with Crippen molar-refractivity contribution in [2.75, 3.05) is 4.90 Å². The summed E-state index contributed by atoms with van der Waals surface area (Å²) < 4.78 is 19.0. The van der Waals surface area contributed by atoms with Gasteiger partial charge in [0.2, 0.25) is 5.89 Å². The van der Waals surface area contributed by atoms with Crippen molar-refractivity contribution in [2.45, 2.75) is 0 Å². The van der Waals surface area contributed by atoms with Crippen molar-refractivity contribution >= 4 is 72.0 Å². The minimum Gasteiger partial charge on any atom is -0.456 e. The highest BCUT2D eigenvalue weighted by Crippen LogP contribution is 2.43. The van der Waals surface area contributed by atoms with Crippen molar-refractivity contribution in [1.82, 2.24) is 4.98 Å². The summed E-state index contributed by atoms with van der Waals surface area (Å²) in [6, 6.07) is 54.0. The standard InChI is InChI=1S/C43H26N2O3/c1-3-10-27(11-4-1)29-14-9-15-30(24-29)45(32-18-20-34-33-16-7-8-17-36(33)47-40(34)26-32)31-19-21-37-35(25-31)41-38(46-37)22-23-39-42(41)44-43(48-39)28-12-5-2-6-13-28/h1-26H. The van der Waals surface area contributed by atoms with Crippen molar-refractivity contribution in [2.24, 2.45) is 0 Å². The molecule has 0 spiro atoms. The molecule has 5 heteroatoms. The molecule has 3 heterocycles. The van der Waals surface area contributed by atoms with Crippen LogP contribution in [0.15, 0.2) is 171 Å². The zero-order valence-corrected chi connectivity index (χ0v) is 25.6. The molecule has 10 aromatic rings. The fourth-order valence-corrected chi connectivity index (χ4v) is 6.84. The summed E-state index contributed by atoms with van der Waals surface area (Å²) >= 11 is 0. The number of oxazole rings is 1. The molecule has 226 valence electrons. The van der Waals surface area contributed by atoms with Crippen LogP contribution in [0.3, 0.4) is 0 Å². The van der Waals surface area contributed by atoms with E-state index in [0.29, 0.717) is 5.89 Å². The van der Waals surface area contributed by atoms with Gasteiger partial charge in [-0.15, -0.1) is 0 Å². The van der Waals surface area contributed by atoms with Crippen molar-refractivity contribution in [3.05, 3.63) is 158 Å². The number of fused-ring (bicyclic) bond motifs is 8. The predicted octanol–water partition coefficient (Wildman–Crippen LogP) is 12.4. The van der Waals surface area contributed by atoms with Gasteiger partial charge in [-0.05, 0) is 83.9 Å². The highest BCUT2D eigenvalue weighted by molar-refractivity contribution is 6.17. The Labute approximate surface area is 274 Å². The van der Waals surface area contributed by atoms with Gasteiger partial charge in [0.25, 0.3) is 0 Å². The summed E-state index contributed by atoms with van der Waals surface area (Å²) in [5.41, 5.74) is 11.0. The molecule has 0 bridgehead atoms. The van der Waals surface area contributed by atoms with Gasteiger partial charge in [0, 0.05) is 44.9 Å². The van der Waals surface area contributed by atoms with Gasteiger partial charge in [-0.25, -0.2) is 4.98 Å². The van der Waals surface area contributed by atoms with Crippen LogP contribution in [0.4, 0.5) is 17.1 Å². The molecule has 0 fully saturated rings. The van der Waals surface area contributed by atoms with E-state index in [9.17, 15) is 0 Å². The summed E-state index contributed by atoms with van der Waals surface area (Å²) in [7, 11) is 0. The number of hydrogen-bond donors (Lipinski definition) is 0. The van der Waals surface area contributed by atoms with Gasteiger partial charge < -0.3 is 18.2 Å². The van der Waals surface area contributed by atoms with E-state index in [4.69, 9.17) is 18.2 Å². The summed E-state index contributed by atoms with van der Waals surface area (Å²) in [5, 5.41) is 4.09. The second kappa shape index (κ2) is 10.5. The Morgan fingerprint density at radius 1 is 0.375 bits per heavy atom. The molecule has 0 aliphatic carbocycles. The molecule has 0 radical (unpaired) electrons. The molecule has 0 unspecified atom stereocenters. The average Bonchev–Trinajstić information content (AvgIpc) is 3.85. The molecular weight excluding hydrogens is 592 g/mol. The lowest BCUT2D eigenvalue weighted by Gasteiger charge is -2.26. The Morgan fingerprint density at radius 3 is 1.88 bits per heavy atom. The summed E-state index contributed by atoms with van der Waals surface area (Å²) in [5.74, 6) is 0.585. The van der Waals surface area contributed by atoms with E-state index >= 15 is 0 Å². The van der Waals surface area contributed by atoms with Crippen LogP contribution < -0.4 is 4.90 Å². The first kappa shape index (κ1) is 26.6. The van der Waals surface area contributed by atoms with Gasteiger partial charge in [0.1, 0.15) is 27.8 Å². The van der Waals surface area contributed by atoms with Gasteiger partial charge in [-0.1, -0.05) is 78.9 Å². The highest BCUT2D eigenvalue weighted by Gasteiger charge is 2.20. The average molecular weight is 619 g/mol. The Hall–Kier alpha value is -6.59. The fraction of sp³-hybridized carbons (Fsp3) is 0. The maximum Gasteiger partial charge on any atom is 0.227 e. The number of rotatable bonds is 5. The van der Waals surface area contributed by atoms with E-state index in [0.717, 1.165) is 88.7 Å². The number of hydrogen-bond acceptors (Lipinski definition) is 5. The smallest absolute Gasteiger partial charge is 0.227 e. The van der Waals surface area contributed by atoms with Gasteiger partial charge in [0.05, 0.1) is 5.39 Å². The zero-order chi connectivity index (χ0) is 31.6. The normalized spacial score (nSPS) is 11.8. The third-order valence-corrected chi connectivity index (χ3v) is 9.09. The maximum atomic E-state index is 6.37. The molecule has 0 saturated heterocycles. The fourth-order valence-electron chi connectivity index (χ4n) is 6.84. The van der Waals surface area contributed by atoms with Gasteiger partial charge in [0.15, 0.2) is 5.58 Å². The highest BCUT2D eigenvalue weighted by atomic mass is 16.4. The first-order valence-electron chi connectivity index (χ1n) is 15.9. The number of nitrogens with zero attached hydrogens (tertiary/aromatic N) is 2. The summed E-state index contributed by atoms with van der Waals surface area (Å²) in [4.78, 5) is 7.25. The molecule has 0 N–H and O–H groups in total. The Morgan fingerprint density at radius 2 is 1.00 bits per heavy atom. The molecule has 0 aliphatic heterocycles. The van der Waals surface area contributed by atoms with E-state index in [1.807, 2.05) is 72.8 Å².